The third-order valence-corrected chi connectivity index (χ3v) is 2.75. The van der Waals surface area contributed by atoms with Gasteiger partial charge >= 0.3 is 0 Å². The van der Waals surface area contributed by atoms with Crippen molar-refractivity contribution < 1.29 is 4.79 Å². The molecule has 0 fully saturated rings. The first-order valence-electron chi connectivity index (χ1n) is 5.70. The molecule has 2 aromatic heterocycles. The molecule has 0 atom stereocenters. The Morgan fingerprint density at radius 3 is 2.74 bits per heavy atom. The quantitative estimate of drug-likeness (QED) is 0.663. The molecule has 3 rings (SSSR count). The summed E-state index contributed by atoms with van der Waals surface area (Å²) < 4.78 is 0. The minimum absolute atomic E-state index is 0.446. The van der Waals surface area contributed by atoms with Gasteiger partial charge in [0.05, 0.1) is 5.52 Å². The standard InChI is InChI=1S/C13H11N5O/c14-12(19)8-3-5-9(6-4-8)16-13-11-10(17-18-13)2-1-7-15-11/h1-7H,(H2,14,19)(H2,16,17,18). The third-order valence-electron chi connectivity index (χ3n) is 2.75. The SMILES string of the molecule is NC(=O)c1ccc(Nc2n[nH]c3cccnc23)cc1. The van der Waals surface area contributed by atoms with E-state index < -0.39 is 5.91 Å². The maximum absolute atomic E-state index is 11.0. The normalized spacial score (nSPS) is 10.5. The predicted octanol–water partition coefficient (Wildman–Crippen LogP) is 1.80. The van der Waals surface area contributed by atoms with Gasteiger partial charge in [-0.2, -0.15) is 5.10 Å². The molecule has 2 heterocycles. The fraction of sp³-hybridized carbons (Fsp3) is 0. The Hall–Kier alpha value is -2.89. The van der Waals surface area contributed by atoms with Crippen LogP contribution in [0.4, 0.5) is 11.5 Å². The van der Waals surface area contributed by atoms with E-state index in [2.05, 4.69) is 20.5 Å². The zero-order valence-electron chi connectivity index (χ0n) is 9.92. The van der Waals surface area contributed by atoms with Crippen molar-refractivity contribution in [2.75, 3.05) is 5.32 Å². The van der Waals surface area contributed by atoms with E-state index in [0.29, 0.717) is 11.4 Å². The van der Waals surface area contributed by atoms with Gasteiger partial charge in [0.1, 0.15) is 5.52 Å². The van der Waals surface area contributed by atoms with Crippen LogP contribution in [0.3, 0.4) is 0 Å². The summed E-state index contributed by atoms with van der Waals surface area (Å²) in [6.45, 7) is 0. The van der Waals surface area contributed by atoms with Crippen molar-refractivity contribution in [3.8, 4) is 0 Å². The minimum Gasteiger partial charge on any atom is -0.366 e. The molecule has 3 aromatic rings. The van der Waals surface area contributed by atoms with Crippen LogP contribution in [0, 0.1) is 0 Å². The Labute approximate surface area is 108 Å². The van der Waals surface area contributed by atoms with Gasteiger partial charge in [-0.1, -0.05) is 0 Å². The Kier molecular flexibility index (Phi) is 2.60. The molecule has 6 heteroatoms. The van der Waals surface area contributed by atoms with E-state index in [0.717, 1.165) is 16.7 Å². The molecular weight excluding hydrogens is 242 g/mol. The van der Waals surface area contributed by atoms with Crippen LogP contribution in [0.25, 0.3) is 11.0 Å². The average Bonchev–Trinajstić information content (AvgIpc) is 2.83. The topological polar surface area (TPSA) is 96.7 Å². The summed E-state index contributed by atoms with van der Waals surface area (Å²) >= 11 is 0. The molecule has 4 N–H and O–H groups in total. The number of rotatable bonds is 3. The molecular formula is C13H11N5O. The summed E-state index contributed by atoms with van der Waals surface area (Å²) in [5, 5.41) is 10.2. The van der Waals surface area contributed by atoms with Crippen LogP contribution in [0.15, 0.2) is 42.6 Å². The van der Waals surface area contributed by atoms with Gasteiger partial charge in [-0.05, 0) is 36.4 Å². The molecule has 1 aromatic carbocycles. The molecule has 19 heavy (non-hydrogen) atoms. The van der Waals surface area contributed by atoms with Crippen LogP contribution in [-0.4, -0.2) is 21.1 Å². The van der Waals surface area contributed by atoms with Gasteiger partial charge in [0, 0.05) is 17.4 Å². The van der Waals surface area contributed by atoms with Gasteiger partial charge in [0.15, 0.2) is 5.82 Å². The van der Waals surface area contributed by atoms with Crippen LogP contribution in [-0.2, 0) is 0 Å². The lowest BCUT2D eigenvalue weighted by Gasteiger charge is -2.03. The summed E-state index contributed by atoms with van der Waals surface area (Å²) in [6, 6.07) is 10.6. The number of nitrogens with two attached hydrogens (primary N) is 1. The number of aromatic nitrogens is 3. The lowest BCUT2D eigenvalue weighted by Crippen LogP contribution is -2.10. The number of carbonyl (C=O) groups excluding carboxylic acids is 1. The second-order valence-corrected chi connectivity index (χ2v) is 4.04. The van der Waals surface area contributed by atoms with Crippen molar-refractivity contribution in [1.29, 1.82) is 0 Å². The van der Waals surface area contributed by atoms with Crippen LogP contribution >= 0.6 is 0 Å². The van der Waals surface area contributed by atoms with Crippen LogP contribution in [0.5, 0.6) is 0 Å². The number of nitrogens with zero attached hydrogens (tertiary/aromatic N) is 2. The number of anilines is 2. The number of hydrogen-bond acceptors (Lipinski definition) is 4. The molecule has 0 saturated carbocycles. The van der Waals surface area contributed by atoms with Gasteiger partial charge < -0.3 is 11.1 Å². The number of carbonyl (C=O) groups is 1. The van der Waals surface area contributed by atoms with E-state index in [4.69, 9.17) is 5.73 Å². The average molecular weight is 253 g/mol. The van der Waals surface area contributed by atoms with E-state index >= 15 is 0 Å². The molecule has 0 aliphatic carbocycles. The molecule has 94 valence electrons. The number of amides is 1. The lowest BCUT2D eigenvalue weighted by atomic mass is 10.2. The van der Waals surface area contributed by atoms with E-state index in [1.165, 1.54) is 0 Å². The number of primary amides is 1. The predicted molar refractivity (Wildman–Crippen MR) is 72.1 cm³/mol. The first kappa shape index (κ1) is 11.2. The molecule has 6 nitrogen and oxygen atoms in total. The highest BCUT2D eigenvalue weighted by Crippen LogP contribution is 2.21. The fourth-order valence-electron chi connectivity index (χ4n) is 1.80. The first-order chi connectivity index (χ1) is 9.24. The Bertz CT molecular complexity index is 732. The fourth-order valence-corrected chi connectivity index (χ4v) is 1.80. The van der Waals surface area contributed by atoms with E-state index in [-0.39, 0.29) is 0 Å². The third kappa shape index (κ3) is 2.11. The first-order valence-corrected chi connectivity index (χ1v) is 5.70. The monoisotopic (exact) mass is 253 g/mol. The molecule has 0 spiro atoms. The number of fused-ring (bicyclic) bond motifs is 1. The Morgan fingerprint density at radius 1 is 1.21 bits per heavy atom. The zero-order valence-corrected chi connectivity index (χ0v) is 9.92. The van der Waals surface area contributed by atoms with Crippen molar-refractivity contribution >= 4 is 28.4 Å². The van der Waals surface area contributed by atoms with E-state index in [1.807, 2.05) is 12.1 Å². The molecule has 0 saturated heterocycles. The molecule has 1 amide bonds. The van der Waals surface area contributed by atoms with E-state index in [9.17, 15) is 4.79 Å². The smallest absolute Gasteiger partial charge is 0.248 e. The molecule has 0 bridgehead atoms. The van der Waals surface area contributed by atoms with Crippen molar-refractivity contribution in [3.05, 3.63) is 48.2 Å². The highest BCUT2D eigenvalue weighted by atomic mass is 16.1. The lowest BCUT2D eigenvalue weighted by molar-refractivity contribution is 0.100. The maximum atomic E-state index is 11.0. The second kappa shape index (κ2) is 4.41. The minimum atomic E-state index is -0.446. The van der Waals surface area contributed by atoms with Gasteiger partial charge in [-0.3, -0.25) is 14.9 Å². The summed E-state index contributed by atoms with van der Waals surface area (Å²) in [5.74, 6) is 0.195. The zero-order chi connectivity index (χ0) is 13.2. The second-order valence-electron chi connectivity index (χ2n) is 4.04. The summed E-state index contributed by atoms with van der Waals surface area (Å²) in [6.07, 6.45) is 1.71. The summed E-state index contributed by atoms with van der Waals surface area (Å²) in [4.78, 5) is 15.2. The number of nitrogens with one attached hydrogen (secondary N) is 2. The highest BCUT2D eigenvalue weighted by molar-refractivity contribution is 5.93. The number of aromatic amines is 1. The van der Waals surface area contributed by atoms with Crippen LogP contribution in [0.2, 0.25) is 0 Å². The van der Waals surface area contributed by atoms with Gasteiger partial charge in [0.2, 0.25) is 5.91 Å². The highest BCUT2D eigenvalue weighted by Gasteiger charge is 2.06. The van der Waals surface area contributed by atoms with Gasteiger partial charge in [0.25, 0.3) is 0 Å². The number of H-pyrrole nitrogens is 1. The molecule has 0 aliphatic rings. The number of benzene rings is 1. The Morgan fingerprint density at radius 2 is 2.00 bits per heavy atom. The van der Waals surface area contributed by atoms with Crippen LogP contribution < -0.4 is 11.1 Å². The molecule has 0 aliphatic heterocycles. The van der Waals surface area contributed by atoms with Crippen molar-refractivity contribution in [3.63, 3.8) is 0 Å². The van der Waals surface area contributed by atoms with Gasteiger partial charge in [-0.25, -0.2) is 0 Å². The summed E-state index contributed by atoms with van der Waals surface area (Å²) in [5.41, 5.74) is 8.09. The molecule has 0 unspecified atom stereocenters. The maximum Gasteiger partial charge on any atom is 0.248 e. The summed E-state index contributed by atoms with van der Waals surface area (Å²) in [7, 11) is 0. The van der Waals surface area contributed by atoms with E-state index in [1.54, 1.807) is 30.5 Å². The van der Waals surface area contributed by atoms with Crippen LogP contribution in [0.1, 0.15) is 10.4 Å². The van der Waals surface area contributed by atoms with Crippen molar-refractivity contribution in [1.82, 2.24) is 15.2 Å². The molecule has 0 radical (unpaired) electrons. The Balaban J connectivity index is 1.90. The largest absolute Gasteiger partial charge is 0.366 e. The van der Waals surface area contributed by atoms with Crippen molar-refractivity contribution in [2.45, 2.75) is 0 Å². The number of pyridine rings is 1. The van der Waals surface area contributed by atoms with Crippen molar-refractivity contribution in [2.24, 2.45) is 5.73 Å². The number of hydrogen-bond donors (Lipinski definition) is 3. The van der Waals surface area contributed by atoms with Gasteiger partial charge in [-0.15, -0.1) is 0 Å².